The molecule has 20 heavy (non-hydrogen) atoms. The molecular weight excluding hydrogens is 295 g/mol. The van der Waals surface area contributed by atoms with Crippen LogP contribution in [0.1, 0.15) is 5.56 Å². The predicted octanol–water partition coefficient (Wildman–Crippen LogP) is 3.50. The zero-order chi connectivity index (χ0) is 14.5. The molecular formula is C15H14Cl2N2O. The Morgan fingerprint density at radius 3 is 2.30 bits per heavy atom. The first kappa shape index (κ1) is 14.9. The fourth-order valence-electron chi connectivity index (χ4n) is 1.82. The Kier molecular flexibility index (Phi) is 5.01. The lowest BCUT2D eigenvalue weighted by molar-refractivity contribution is -0.117. The monoisotopic (exact) mass is 308 g/mol. The predicted molar refractivity (Wildman–Crippen MR) is 83.2 cm³/mol. The maximum Gasteiger partial charge on any atom is 0.241 e. The van der Waals surface area contributed by atoms with E-state index in [1.165, 1.54) is 0 Å². The van der Waals surface area contributed by atoms with Crippen LogP contribution in [-0.2, 0) is 11.2 Å². The molecule has 0 heterocycles. The maximum absolute atomic E-state index is 12.0. The van der Waals surface area contributed by atoms with Crippen molar-refractivity contribution in [2.24, 2.45) is 5.73 Å². The van der Waals surface area contributed by atoms with Crippen molar-refractivity contribution in [3.05, 3.63) is 64.1 Å². The van der Waals surface area contributed by atoms with E-state index in [0.717, 1.165) is 5.56 Å². The molecule has 3 N–H and O–H groups in total. The normalized spacial score (nSPS) is 11.9. The lowest BCUT2D eigenvalue weighted by Crippen LogP contribution is -2.37. The number of hydrogen-bond donors (Lipinski definition) is 2. The van der Waals surface area contributed by atoms with Gasteiger partial charge in [0, 0.05) is 15.7 Å². The number of halogens is 2. The van der Waals surface area contributed by atoms with E-state index in [-0.39, 0.29) is 5.91 Å². The molecule has 0 bridgehead atoms. The first-order chi connectivity index (χ1) is 9.54. The summed E-state index contributed by atoms with van der Waals surface area (Å²) in [4.78, 5) is 12.0. The average molecular weight is 309 g/mol. The smallest absolute Gasteiger partial charge is 0.241 e. The van der Waals surface area contributed by atoms with Gasteiger partial charge in [-0.2, -0.15) is 0 Å². The van der Waals surface area contributed by atoms with E-state index in [4.69, 9.17) is 28.9 Å². The number of nitrogens with one attached hydrogen (secondary N) is 1. The molecule has 0 saturated heterocycles. The molecule has 0 aromatic heterocycles. The zero-order valence-corrected chi connectivity index (χ0v) is 12.2. The summed E-state index contributed by atoms with van der Waals surface area (Å²) in [5.74, 6) is -0.271. The molecule has 0 saturated carbocycles. The van der Waals surface area contributed by atoms with Gasteiger partial charge in [0.15, 0.2) is 0 Å². The van der Waals surface area contributed by atoms with Gasteiger partial charge in [-0.25, -0.2) is 0 Å². The minimum absolute atomic E-state index is 0.271. The first-order valence-electron chi connectivity index (χ1n) is 6.11. The Morgan fingerprint density at radius 1 is 1.10 bits per heavy atom. The Balaban J connectivity index is 2.00. The lowest BCUT2D eigenvalue weighted by Gasteiger charge is -2.12. The second-order valence-corrected chi connectivity index (χ2v) is 5.32. The van der Waals surface area contributed by atoms with Gasteiger partial charge in [-0.15, -0.1) is 0 Å². The quantitative estimate of drug-likeness (QED) is 0.908. The summed E-state index contributed by atoms with van der Waals surface area (Å²) in [5.41, 5.74) is 7.45. The van der Waals surface area contributed by atoms with E-state index in [1.807, 2.05) is 30.3 Å². The van der Waals surface area contributed by atoms with Gasteiger partial charge in [0.05, 0.1) is 6.04 Å². The molecule has 1 amide bonds. The number of carbonyl (C=O) groups excluding carboxylic acids is 1. The summed E-state index contributed by atoms with van der Waals surface area (Å²) in [5, 5.41) is 3.64. The summed E-state index contributed by atoms with van der Waals surface area (Å²) in [7, 11) is 0. The molecule has 5 heteroatoms. The summed E-state index contributed by atoms with van der Waals surface area (Å²) in [6.07, 6.45) is 0.473. The number of rotatable bonds is 4. The molecule has 0 spiro atoms. The van der Waals surface area contributed by atoms with Gasteiger partial charge in [-0.05, 0) is 30.2 Å². The third-order valence-electron chi connectivity index (χ3n) is 2.77. The highest BCUT2D eigenvalue weighted by Crippen LogP contribution is 2.22. The average Bonchev–Trinajstić information content (AvgIpc) is 2.38. The van der Waals surface area contributed by atoms with Crippen LogP contribution < -0.4 is 11.1 Å². The number of nitrogens with two attached hydrogens (primary N) is 1. The molecule has 0 unspecified atom stereocenters. The molecule has 2 rings (SSSR count). The SMILES string of the molecule is N[C@@H](Cc1ccccc1)C(=O)Nc1cc(Cl)cc(Cl)c1. The fourth-order valence-corrected chi connectivity index (χ4v) is 2.35. The van der Waals surface area contributed by atoms with Gasteiger partial charge in [0.25, 0.3) is 0 Å². The Bertz CT molecular complexity index is 582. The third kappa shape index (κ3) is 4.23. The van der Waals surface area contributed by atoms with Gasteiger partial charge >= 0.3 is 0 Å². The molecule has 2 aromatic rings. The van der Waals surface area contributed by atoms with Crippen molar-refractivity contribution in [3.63, 3.8) is 0 Å². The van der Waals surface area contributed by atoms with Crippen molar-refractivity contribution in [3.8, 4) is 0 Å². The molecule has 0 aliphatic heterocycles. The van der Waals surface area contributed by atoms with Gasteiger partial charge in [-0.1, -0.05) is 53.5 Å². The van der Waals surface area contributed by atoms with Crippen LogP contribution in [-0.4, -0.2) is 11.9 Å². The highest BCUT2D eigenvalue weighted by atomic mass is 35.5. The number of hydrogen-bond acceptors (Lipinski definition) is 2. The molecule has 3 nitrogen and oxygen atoms in total. The van der Waals surface area contributed by atoms with Crippen molar-refractivity contribution in [1.29, 1.82) is 0 Å². The Morgan fingerprint density at radius 2 is 1.70 bits per heavy atom. The number of anilines is 1. The summed E-state index contributed by atoms with van der Waals surface area (Å²) < 4.78 is 0. The summed E-state index contributed by atoms with van der Waals surface area (Å²) in [6, 6.07) is 13.8. The van der Waals surface area contributed by atoms with Gasteiger partial charge < -0.3 is 11.1 Å². The van der Waals surface area contributed by atoms with Gasteiger partial charge in [0.1, 0.15) is 0 Å². The van der Waals surface area contributed by atoms with Crippen LogP contribution in [0, 0.1) is 0 Å². The van der Waals surface area contributed by atoms with E-state index in [9.17, 15) is 4.79 Å². The van der Waals surface area contributed by atoms with Crippen LogP contribution in [0.5, 0.6) is 0 Å². The summed E-state index contributed by atoms with van der Waals surface area (Å²) in [6.45, 7) is 0. The van der Waals surface area contributed by atoms with Crippen LogP contribution in [0.3, 0.4) is 0 Å². The molecule has 1 atom stereocenters. The molecule has 0 fully saturated rings. The van der Waals surface area contributed by atoms with Gasteiger partial charge in [-0.3, -0.25) is 4.79 Å². The first-order valence-corrected chi connectivity index (χ1v) is 6.86. The Labute approximate surface area is 127 Å². The number of benzene rings is 2. The molecule has 0 aliphatic carbocycles. The van der Waals surface area contributed by atoms with Crippen molar-refractivity contribution in [1.82, 2.24) is 0 Å². The van der Waals surface area contributed by atoms with Crippen molar-refractivity contribution >= 4 is 34.8 Å². The van der Waals surface area contributed by atoms with Gasteiger partial charge in [0.2, 0.25) is 5.91 Å². The molecule has 2 aromatic carbocycles. The second-order valence-electron chi connectivity index (χ2n) is 4.44. The molecule has 0 aliphatic rings. The standard InChI is InChI=1S/C15H14Cl2N2O/c16-11-7-12(17)9-13(8-11)19-15(20)14(18)6-10-4-2-1-3-5-10/h1-5,7-9,14H,6,18H2,(H,19,20)/t14-/m0/s1. The topological polar surface area (TPSA) is 55.1 Å². The summed E-state index contributed by atoms with van der Waals surface area (Å²) >= 11 is 11.8. The van der Waals surface area contributed by atoms with Crippen LogP contribution in [0.25, 0.3) is 0 Å². The van der Waals surface area contributed by atoms with Crippen LogP contribution in [0.4, 0.5) is 5.69 Å². The van der Waals surface area contributed by atoms with E-state index < -0.39 is 6.04 Å². The van der Waals surface area contributed by atoms with Crippen LogP contribution in [0.15, 0.2) is 48.5 Å². The van der Waals surface area contributed by atoms with Crippen molar-refractivity contribution in [2.45, 2.75) is 12.5 Å². The number of carbonyl (C=O) groups is 1. The fraction of sp³-hybridized carbons (Fsp3) is 0.133. The highest BCUT2D eigenvalue weighted by Gasteiger charge is 2.14. The minimum Gasteiger partial charge on any atom is -0.325 e. The molecule has 0 radical (unpaired) electrons. The minimum atomic E-state index is -0.629. The van der Waals surface area contributed by atoms with Crippen molar-refractivity contribution < 1.29 is 4.79 Å². The lowest BCUT2D eigenvalue weighted by atomic mass is 10.1. The van der Waals surface area contributed by atoms with Crippen LogP contribution >= 0.6 is 23.2 Å². The third-order valence-corrected chi connectivity index (χ3v) is 3.20. The van der Waals surface area contributed by atoms with E-state index >= 15 is 0 Å². The maximum atomic E-state index is 12.0. The van der Waals surface area contributed by atoms with E-state index in [0.29, 0.717) is 22.2 Å². The molecule has 104 valence electrons. The second kappa shape index (κ2) is 6.75. The highest BCUT2D eigenvalue weighted by molar-refractivity contribution is 6.35. The van der Waals surface area contributed by atoms with E-state index in [2.05, 4.69) is 5.32 Å². The van der Waals surface area contributed by atoms with Crippen molar-refractivity contribution in [2.75, 3.05) is 5.32 Å². The largest absolute Gasteiger partial charge is 0.325 e. The van der Waals surface area contributed by atoms with Crippen LogP contribution in [0.2, 0.25) is 10.0 Å². The number of amides is 1. The Hall–Kier alpha value is -1.55. The van der Waals surface area contributed by atoms with E-state index in [1.54, 1.807) is 18.2 Å². The zero-order valence-electron chi connectivity index (χ0n) is 10.6.